The van der Waals surface area contributed by atoms with Gasteiger partial charge in [0.05, 0.1) is 11.4 Å². The van der Waals surface area contributed by atoms with E-state index in [2.05, 4.69) is 10.6 Å². The van der Waals surface area contributed by atoms with Gasteiger partial charge in [0, 0.05) is 32.7 Å². The first-order valence-corrected chi connectivity index (χ1v) is 12.2. The lowest BCUT2D eigenvalue weighted by Crippen LogP contribution is -2.53. The van der Waals surface area contributed by atoms with Crippen molar-refractivity contribution < 1.29 is 22.4 Å². The third-order valence-electron chi connectivity index (χ3n) is 5.54. The molecule has 3 rings (SSSR count). The molecule has 33 heavy (non-hydrogen) atoms. The molecule has 2 aromatic rings. The van der Waals surface area contributed by atoms with Gasteiger partial charge in [-0.15, -0.1) is 0 Å². The second-order valence-electron chi connectivity index (χ2n) is 8.17. The number of hydrogen-bond donors (Lipinski definition) is 2. The Balaban J connectivity index is 1.44. The number of nitrogens with one attached hydrogen (secondary N) is 2. The number of rotatable bonds is 7. The van der Waals surface area contributed by atoms with Gasteiger partial charge in [-0.2, -0.15) is 4.31 Å². The fourth-order valence-corrected chi connectivity index (χ4v) is 4.89. The Morgan fingerprint density at radius 3 is 2.12 bits per heavy atom. The highest BCUT2D eigenvalue weighted by atomic mass is 32.2. The van der Waals surface area contributed by atoms with Crippen molar-refractivity contribution >= 4 is 22.0 Å². The largest absolute Gasteiger partial charge is 0.339 e. The Morgan fingerprint density at radius 2 is 1.55 bits per heavy atom. The fourth-order valence-electron chi connectivity index (χ4n) is 3.47. The number of sulfonamides is 1. The normalized spacial score (nSPS) is 14.8. The Bertz CT molecular complexity index is 1060. The van der Waals surface area contributed by atoms with Gasteiger partial charge in [0.2, 0.25) is 15.9 Å². The highest BCUT2D eigenvalue weighted by Crippen LogP contribution is 2.21. The molecule has 0 atom stereocenters. The van der Waals surface area contributed by atoms with E-state index < -0.39 is 16.1 Å². The maximum absolute atomic E-state index is 12.9. The molecule has 0 aromatic heterocycles. The van der Waals surface area contributed by atoms with Gasteiger partial charge in [0.15, 0.2) is 0 Å². The van der Waals surface area contributed by atoms with Gasteiger partial charge in [-0.05, 0) is 41.3 Å². The Kier molecular flexibility index (Phi) is 8.04. The highest BCUT2D eigenvalue weighted by molar-refractivity contribution is 7.89. The number of benzene rings is 2. The maximum Gasteiger partial charge on any atom is 0.315 e. The summed E-state index contributed by atoms with van der Waals surface area (Å²) in [5.74, 6) is -0.328. The van der Waals surface area contributed by atoms with Crippen molar-refractivity contribution in [3.8, 4) is 0 Å². The van der Waals surface area contributed by atoms with Crippen LogP contribution in [0.4, 0.5) is 9.18 Å². The lowest BCUT2D eigenvalue weighted by Gasteiger charge is -2.34. The van der Waals surface area contributed by atoms with Gasteiger partial charge >= 0.3 is 6.03 Å². The number of piperazine rings is 1. The Hall–Kier alpha value is -2.98. The summed E-state index contributed by atoms with van der Waals surface area (Å²) in [4.78, 5) is 26.1. The highest BCUT2D eigenvalue weighted by Gasteiger charge is 2.30. The molecule has 178 valence electrons. The first-order valence-electron chi connectivity index (χ1n) is 10.8. The summed E-state index contributed by atoms with van der Waals surface area (Å²) in [6.07, 6.45) is 0. The fraction of sp³-hybridized carbons (Fsp3) is 0.391. The van der Waals surface area contributed by atoms with E-state index >= 15 is 0 Å². The summed E-state index contributed by atoms with van der Waals surface area (Å²) < 4.78 is 40.1. The van der Waals surface area contributed by atoms with Crippen molar-refractivity contribution in [2.45, 2.75) is 31.2 Å². The minimum absolute atomic E-state index is 0.191. The predicted octanol–water partition coefficient (Wildman–Crippen LogP) is 2.28. The van der Waals surface area contributed by atoms with Crippen molar-refractivity contribution in [1.29, 1.82) is 0 Å². The van der Waals surface area contributed by atoms with E-state index in [0.29, 0.717) is 5.92 Å². The van der Waals surface area contributed by atoms with Gasteiger partial charge in [0.25, 0.3) is 0 Å². The summed E-state index contributed by atoms with van der Waals surface area (Å²) in [5.41, 5.74) is 1.80. The standard InChI is InChI=1S/C23H29FN4O4S/c1-17(2)19-5-9-21(10-6-19)33(31,32)28-13-11-27(12-14-28)22(29)16-26-23(30)25-15-18-3-7-20(24)8-4-18/h3-10,17H,11-16H2,1-2H3,(H2,25,26,30). The summed E-state index contributed by atoms with van der Waals surface area (Å²) in [6.45, 7) is 4.98. The van der Waals surface area contributed by atoms with Gasteiger partial charge in [-0.1, -0.05) is 38.1 Å². The molecule has 1 heterocycles. The van der Waals surface area contributed by atoms with E-state index in [-0.39, 0.29) is 55.9 Å². The molecule has 1 fully saturated rings. The Labute approximate surface area is 193 Å². The van der Waals surface area contributed by atoms with Crippen molar-refractivity contribution in [3.05, 3.63) is 65.5 Å². The van der Waals surface area contributed by atoms with Crippen LogP contribution in [0.15, 0.2) is 53.4 Å². The van der Waals surface area contributed by atoms with E-state index in [0.717, 1.165) is 11.1 Å². The molecule has 10 heteroatoms. The Morgan fingerprint density at radius 1 is 0.939 bits per heavy atom. The molecule has 2 aromatic carbocycles. The van der Waals surface area contributed by atoms with Crippen LogP contribution < -0.4 is 10.6 Å². The molecule has 3 amide bonds. The smallest absolute Gasteiger partial charge is 0.315 e. The third kappa shape index (κ3) is 6.52. The van der Waals surface area contributed by atoms with Gasteiger partial charge in [-0.3, -0.25) is 4.79 Å². The zero-order valence-electron chi connectivity index (χ0n) is 18.8. The van der Waals surface area contributed by atoms with Crippen molar-refractivity contribution in [3.63, 3.8) is 0 Å². The zero-order valence-corrected chi connectivity index (χ0v) is 19.6. The molecule has 8 nitrogen and oxygen atoms in total. The SMILES string of the molecule is CC(C)c1ccc(S(=O)(=O)N2CCN(C(=O)CNC(=O)NCc3ccc(F)cc3)CC2)cc1. The van der Waals surface area contributed by atoms with Crippen molar-refractivity contribution in [1.82, 2.24) is 19.8 Å². The van der Waals surface area contributed by atoms with Gasteiger partial charge in [-0.25, -0.2) is 17.6 Å². The lowest BCUT2D eigenvalue weighted by molar-refractivity contribution is -0.131. The molecule has 0 unspecified atom stereocenters. The van der Waals surface area contributed by atoms with Crippen LogP contribution in [-0.2, 0) is 21.4 Å². The molecule has 1 saturated heterocycles. The number of halogens is 1. The summed E-state index contributed by atoms with van der Waals surface area (Å²) in [5, 5.41) is 5.10. The second-order valence-corrected chi connectivity index (χ2v) is 10.1. The maximum atomic E-state index is 12.9. The average molecular weight is 477 g/mol. The molecule has 0 spiro atoms. The van der Waals surface area contributed by atoms with Crippen LogP contribution in [0.2, 0.25) is 0 Å². The molecule has 0 aliphatic carbocycles. The number of nitrogens with zero attached hydrogens (tertiary/aromatic N) is 2. The number of carbonyl (C=O) groups is 2. The van der Waals surface area contributed by atoms with Gasteiger partial charge < -0.3 is 15.5 Å². The number of amides is 3. The van der Waals surface area contributed by atoms with E-state index in [1.54, 1.807) is 24.3 Å². The molecule has 2 N–H and O–H groups in total. The van der Waals surface area contributed by atoms with Crippen LogP contribution >= 0.6 is 0 Å². The van der Waals surface area contributed by atoms with Crippen LogP contribution in [0.1, 0.15) is 30.9 Å². The summed E-state index contributed by atoms with van der Waals surface area (Å²) in [6, 6.07) is 12.1. The molecule has 1 aliphatic heterocycles. The van der Waals surface area contributed by atoms with E-state index in [1.807, 2.05) is 26.0 Å². The van der Waals surface area contributed by atoms with Crippen LogP contribution in [-0.4, -0.2) is 62.3 Å². The summed E-state index contributed by atoms with van der Waals surface area (Å²) >= 11 is 0. The van der Waals surface area contributed by atoms with Crippen molar-refractivity contribution in [2.75, 3.05) is 32.7 Å². The van der Waals surface area contributed by atoms with E-state index in [1.165, 1.54) is 21.3 Å². The number of hydrogen-bond acceptors (Lipinski definition) is 4. The van der Waals surface area contributed by atoms with Crippen LogP contribution in [0.3, 0.4) is 0 Å². The first-order chi connectivity index (χ1) is 15.7. The predicted molar refractivity (Wildman–Crippen MR) is 123 cm³/mol. The quantitative estimate of drug-likeness (QED) is 0.641. The number of urea groups is 1. The minimum Gasteiger partial charge on any atom is -0.339 e. The first kappa shape index (κ1) is 24.7. The molecular weight excluding hydrogens is 447 g/mol. The van der Waals surface area contributed by atoms with E-state index in [4.69, 9.17) is 0 Å². The topological polar surface area (TPSA) is 98.8 Å². The van der Waals surface area contributed by atoms with E-state index in [9.17, 15) is 22.4 Å². The molecule has 0 bridgehead atoms. The second kappa shape index (κ2) is 10.8. The molecule has 0 saturated carbocycles. The van der Waals surface area contributed by atoms with Crippen LogP contribution in [0.5, 0.6) is 0 Å². The molecule has 0 radical (unpaired) electrons. The average Bonchev–Trinajstić information content (AvgIpc) is 2.82. The minimum atomic E-state index is -3.62. The van der Waals surface area contributed by atoms with Crippen LogP contribution in [0, 0.1) is 5.82 Å². The van der Waals surface area contributed by atoms with Crippen molar-refractivity contribution in [2.24, 2.45) is 0 Å². The number of carbonyl (C=O) groups excluding carboxylic acids is 2. The monoisotopic (exact) mass is 476 g/mol. The van der Waals surface area contributed by atoms with Gasteiger partial charge in [0.1, 0.15) is 5.82 Å². The third-order valence-corrected chi connectivity index (χ3v) is 7.46. The zero-order chi connectivity index (χ0) is 24.0. The molecular formula is C23H29FN4O4S. The summed E-state index contributed by atoms with van der Waals surface area (Å²) in [7, 11) is -3.62. The lowest BCUT2D eigenvalue weighted by atomic mass is 10.0. The van der Waals surface area contributed by atoms with Crippen LogP contribution in [0.25, 0.3) is 0 Å². The molecule has 1 aliphatic rings.